The molecule has 2 heteroatoms. The van der Waals surface area contributed by atoms with Crippen molar-refractivity contribution in [2.75, 3.05) is 6.61 Å². The zero-order valence-electron chi connectivity index (χ0n) is 11.1. The molecule has 0 bridgehead atoms. The molecular formula is C16H20O2. The second-order valence-corrected chi connectivity index (χ2v) is 3.91. The Morgan fingerprint density at radius 3 is 2.56 bits per heavy atom. The van der Waals surface area contributed by atoms with Gasteiger partial charge >= 0.3 is 5.97 Å². The van der Waals surface area contributed by atoms with Crippen molar-refractivity contribution in [2.45, 2.75) is 26.7 Å². The Morgan fingerprint density at radius 2 is 1.94 bits per heavy atom. The molecular weight excluding hydrogens is 224 g/mol. The van der Waals surface area contributed by atoms with Crippen LogP contribution in [0.3, 0.4) is 0 Å². The molecule has 1 aromatic rings. The van der Waals surface area contributed by atoms with E-state index in [2.05, 4.69) is 13.0 Å². The van der Waals surface area contributed by atoms with Gasteiger partial charge in [0.1, 0.15) is 0 Å². The number of carbonyl (C=O) groups excluding carboxylic acids is 1. The number of esters is 1. The summed E-state index contributed by atoms with van der Waals surface area (Å²) in [7, 11) is 0. The molecule has 18 heavy (non-hydrogen) atoms. The first kappa shape index (κ1) is 14.2. The first-order valence-corrected chi connectivity index (χ1v) is 6.38. The van der Waals surface area contributed by atoms with E-state index in [1.165, 1.54) is 0 Å². The Kier molecular flexibility index (Phi) is 6.55. The fourth-order valence-electron chi connectivity index (χ4n) is 1.55. The standard InChI is InChI=1S/C16H20O2/c1-3-5-7-12-15(13-16(17)18-4-2)14-10-8-6-9-11-14/h6-13H,3-5H2,1-2H3/b12-7-,15-13-. The number of carbonyl (C=O) groups is 1. The average Bonchev–Trinajstić information content (AvgIpc) is 2.39. The van der Waals surface area contributed by atoms with Crippen molar-refractivity contribution in [3.05, 3.63) is 54.1 Å². The lowest BCUT2D eigenvalue weighted by Gasteiger charge is -2.03. The summed E-state index contributed by atoms with van der Waals surface area (Å²) >= 11 is 0. The fraction of sp³-hybridized carbons (Fsp3) is 0.312. The molecule has 0 aliphatic carbocycles. The Balaban J connectivity index is 2.92. The number of hydrogen-bond donors (Lipinski definition) is 0. The summed E-state index contributed by atoms with van der Waals surface area (Å²) in [5.41, 5.74) is 1.92. The highest BCUT2D eigenvalue weighted by Gasteiger charge is 2.02. The molecule has 0 heterocycles. The molecule has 0 N–H and O–H groups in total. The van der Waals surface area contributed by atoms with Crippen molar-refractivity contribution < 1.29 is 9.53 Å². The van der Waals surface area contributed by atoms with Crippen LogP contribution in [0.4, 0.5) is 0 Å². The number of hydrogen-bond acceptors (Lipinski definition) is 2. The van der Waals surface area contributed by atoms with E-state index >= 15 is 0 Å². The molecule has 0 amide bonds. The van der Waals surface area contributed by atoms with E-state index in [-0.39, 0.29) is 5.97 Å². The third-order valence-corrected chi connectivity index (χ3v) is 2.42. The molecule has 0 saturated carbocycles. The van der Waals surface area contributed by atoms with E-state index in [0.717, 1.165) is 24.0 Å². The van der Waals surface area contributed by atoms with Gasteiger partial charge in [-0.3, -0.25) is 0 Å². The van der Waals surface area contributed by atoms with Gasteiger partial charge in [0.2, 0.25) is 0 Å². The van der Waals surface area contributed by atoms with E-state index < -0.39 is 0 Å². The van der Waals surface area contributed by atoms with Crippen molar-refractivity contribution >= 4 is 11.5 Å². The van der Waals surface area contributed by atoms with Gasteiger partial charge in [-0.05, 0) is 24.5 Å². The van der Waals surface area contributed by atoms with Gasteiger partial charge in [-0.15, -0.1) is 0 Å². The largest absolute Gasteiger partial charge is 0.463 e. The SMILES string of the molecule is CCC/C=C\C(=C\C(=O)OCC)c1ccccc1. The summed E-state index contributed by atoms with van der Waals surface area (Å²) in [4.78, 5) is 11.5. The lowest BCUT2D eigenvalue weighted by Crippen LogP contribution is -2.00. The molecule has 0 aliphatic heterocycles. The maximum absolute atomic E-state index is 11.5. The zero-order chi connectivity index (χ0) is 13.2. The van der Waals surface area contributed by atoms with Gasteiger partial charge in [-0.25, -0.2) is 4.79 Å². The van der Waals surface area contributed by atoms with Gasteiger partial charge in [0.15, 0.2) is 0 Å². The summed E-state index contributed by atoms with van der Waals surface area (Å²) in [6, 6.07) is 9.86. The molecule has 0 aromatic heterocycles. The topological polar surface area (TPSA) is 26.3 Å². The molecule has 96 valence electrons. The van der Waals surface area contributed by atoms with Crippen LogP contribution in [0.5, 0.6) is 0 Å². The molecule has 0 saturated heterocycles. The van der Waals surface area contributed by atoms with Crippen LogP contribution >= 0.6 is 0 Å². The first-order chi connectivity index (χ1) is 8.77. The smallest absolute Gasteiger partial charge is 0.331 e. The van der Waals surface area contributed by atoms with Crippen molar-refractivity contribution in [3.8, 4) is 0 Å². The van der Waals surface area contributed by atoms with Crippen molar-refractivity contribution in [1.29, 1.82) is 0 Å². The zero-order valence-corrected chi connectivity index (χ0v) is 11.1. The van der Waals surface area contributed by atoms with Crippen LogP contribution in [0.2, 0.25) is 0 Å². The minimum Gasteiger partial charge on any atom is -0.463 e. The van der Waals surface area contributed by atoms with Crippen LogP contribution in [0.1, 0.15) is 32.3 Å². The highest BCUT2D eigenvalue weighted by atomic mass is 16.5. The lowest BCUT2D eigenvalue weighted by molar-refractivity contribution is -0.137. The number of benzene rings is 1. The monoisotopic (exact) mass is 244 g/mol. The predicted molar refractivity (Wildman–Crippen MR) is 75.1 cm³/mol. The highest BCUT2D eigenvalue weighted by molar-refractivity contribution is 5.94. The second-order valence-electron chi connectivity index (χ2n) is 3.91. The van der Waals surface area contributed by atoms with Gasteiger partial charge in [0.25, 0.3) is 0 Å². The predicted octanol–water partition coefficient (Wildman–Crippen LogP) is 3.99. The van der Waals surface area contributed by atoms with Gasteiger partial charge in [0, 0.05) is 6.08 Å². The van der Waals surface area contributed by atoms with Gasteiger partial charge in [-0.2, -0.15) is 0 Å². The molecule has 1 rings (SSSR count). The molecule has 0 atom stereocenters. The summed E-state index contributed by atoms with van der Waals surface area (Å²) in [6.07, 6.45) is 7.71. The Morgan fingerprint density at radius 1 is 1.22 bits per heavy atom. The van der Waals surface area contributed by atoms with Crippen LogP contribution in [0.15, 0.2) is 48.6 Å². The Labute approximate surface area is 109 Å². The number of ether oxygens (including phenoxy) is 1. The fourth-order valence-corrected chi connectivity index (χ4v) is 1.55. The van der Waals surface area contributed by atoms with E-state index in [4.69, 9.17) is 4.74 Å². The third-order valence-electron chi connectivity index (χ3n) is 2.42. The van der Waals surface area contributed by atoms with Crippen LogP contribution in [-0.2, 0) is 9.53 Å². The normalized spacial score (nSPS) is 11.8. The highest BCUT2D eigenvalue weighted by Crippen LogP contribution is 2.16. The van der Waals surface area contributed by atoms with Crippen molar-refractivity contribution in [1.82, 2.24) is 0 Å². The maximum Gasteiger partial charge on any atom is 0.331 e. The molecule has 0 aliphatic rings. The van der Waals surface area contributed by atoms with Crippen LogP contribution in [-0.4, -0.2) is 12.6 Å². The van der Waals surface area contributed by atoms with E-state index in [1.807, 2.05) is 36.4 Å². The summed E-state index contributed by atoms with van der Waals surface area (Å²) < 4.78 is 4.95. The second kappa shape index (κ2) is 8.29. The van der Waals surface area contributed by atoms with Gasteiger partial charge < -0.3 is 4.74 Å². The van der Waals surface area contributed by atoms with E-state index in [9.17, 15) is 4.79 Å². The minimum absolute atomic E-state index is 0.294. The lowest BCUT2D eigenvalue weighted by atomic mass is 10.0. The molecule has 2 nitrogen and oxygen atoms in total. The number of rotatable bonds is 6. The molecule has 0 fully saturated rings. The maximum atomic E-state index is 11.5. The molecule has 1 aromatic carbocycles. The van der Waals surface area contributed by atoms with Gasteiger partial charge in [-0.1, -0.05) is 55.8 Å². The van der Waals surface area contributed by atoms with E-state index in [0.29, 0.717) is 6.61 Å². The minimum atomic E-state index is -0.294. The number of allylic oxidation sites excluding steroid dienone is 3. The van der Waals surface area contributed by atoms with Crippen molar-refractivity contribution in [3.63, 3.8) is 0 Å². The quantitative estimate of drug-likeness (QED) is 0.429. The Bertz CT molecular complexity index is 416. The van der Waals surface area contributed by atoms with Crippen LogP contribution in [0.25, 0.3) is 5.57 Å². The Hall–Kier alpha value is -1.83. The average molecular weight is 244 g/mol. The van der Waals surface area contributed by atoms with Crippen molar-refractivity contribution in [2.24, 2.45) is 0 Å². The summed E-state index contributed by atoms with van der Waals surface area (Å²) in [6.45, 7) is 4.33. The molecule has 0 spiro atoms. The number of unbranched alkanes of at least 4 members (excludes halogenated alkanes) is 1. The summed E-state index contributed by atoms with van der Waals surface area (Å²) in [5.74, 6) is -0.294. The molecule has 0 radical (unpaired) electrons. The van der Waals surface area contributed by atoms with E-state index in [1.54, 1.807) is 13.0 Å². The summed E-state index contributed by atoms with van der Waals surface area (Å²) in [5, 5.41) is 0. The van der Waals surface area contributed by atoms with Gasteiger partial charge in [0.05, 0.1) is 6.61 Å². The molecule has 0 unspecified atom stereocenters. The first-order valence-electron chi connectivity index (χ1n) is 6.38. The third kappa shape index (κ3) is 5.00. The van der Waals surface area contributed by atoms with Crippen LogP contribution in [0, 0.1) is 0 Å². The van der Waals surface area contributed by atoms with Crippen LogP contribution < -0.4 is 0 Å².